The van der Waals surface area contributed by atoms with Crippen molar-refractivity contribution < 1.29 is 13.2 Å². The molecule has 0 saturated carbocycles. The predicted molar refractivity (Wildman–Crippen MR) is 95.7 cm³/mol. The van der Waals surface area contributed by atoms with Gasteiger partial charge in [0.2, 0.25) is 10.0 Å². The third-order valence-corrected chi connectivity index (χ3v) is 5.68. The van der Waals surface area contributed by atoms with Crippen molar-refractivity contribution in [2.45, 2.75) is 19.9 Å². The van der Waals surface area contributed by atoms with Gasteiger partial charge in [0, 0.05) is 26.2 Å². The molecule has 0 spiro atoms. The molecule has 1 aliphatic rings. The molecular formula is C16H23N5O3S. The first-order valence-electron chi connectivity index (χ1n) is 8.27. The molecular weight excluding hydrogens is 342 g/mol. The van der Waals surface area contributed by atoms with E-state index in [0.717, 1.165) is 16.6 Å². The molecule has 1 fully saturated rings. The summed E-state index contributed by atoms with van der Waals surface area (Å²) >= 11 is 0. The van der Waals surface area contributed by atoms with E-state index in [-0.39, 0.29) is 6.03 Å². The Morgan fingerprint density at radius 1 is 1.28 bits per heavy atom. The first-order chi connectivity index (χ1) is 11.8. The summed E-state index contributed by atoms with van der Waals surface area (Å²) in [5.41, 5.74) is 2.94. The molecule has 8 nitrogen and oxygen atoms in total. The van der Waals surface area contributed by atoms with E-state index < -0.39 is 10.0 Å². The first-order valence-corrected chi connectivity index (χ1v) is 10.1. The lowest BCUT2D eigenvalue weighted by atomic mass is 10.2. The fraction of sp³-hybridized carbons (Fsp3) is 0.500. The van der Waals surface area contributed by atoms with Crippen LogP contribution >= 0.6 is 0 Å². The van der Waals surface area contributed by atoms with Gasteiger partial charge in [0.25, 0.3) is 0 Å². The van der Waals surface area contributed by atoms with E-state index in [9.17, 15) is 13.2 Å². The Labute approximate surface area is 147 Å². The number of para-hydroxylation sites is 1. The van der Waals surface area contributed by atoms with Crippen molar-refractivity contribution in [3.63, 3.8) is 0 Å². The molecule has 0 atom stereocenters. The van der Waals surface area contributed by atoms with E-state index >= 15 is 0 Å². The van der Waals surface area contributed by atoms with Crippen LogP contribution < -0.4 is 5.32 Å². The zero-order valence-electron chi connectivity index (χ0n) is 14.4. The normalized spacial score (nSPS) is 16.8. The van der Waals surface area contributed by atoms with Gasteiger partial charge in [-0.05, 0) is 25.0 Å². The number of imidazole rings is 1. The van der Waals surface area contributed by atoms with Crippen LogP contribution in [0.4, 0.5) is 4.79 Å². The zero-order chi connectivity index (χ0) is 18.0. The highest BCUT2D eigenvalue weighted by Crippen LogP contribution is 2.15. The summed E-state index contributed by atoms with van der Waals surface area (Å²) < 4.78 is 24.7. The minimum Gasteiger partial charge on any atom is -0.340 e. The second-order valence-electron chi connectivity index (χ2n) is 6.32. The first kappa shape index (κ1) is 17.7. The van der Waals surface area contributed by atoms with Crippen molar-refractivity contribution in [1.29, 1.82) is 0 Å². The molecule has 2 amide bonds. The SMILES string of the molecule is Cc1cccc2[nH]c(CNC(=O)N3CCCN(S(C)(=O)=O)CC3)nc12. The fourth-order valence-corrected chi connectivity index (χ4v) is 3.88. The number of carbonyl (C=O) groups excluding carboxylic acids is 1. The van der Waals surface area contributed by atoms with E-state index in [1.807, 2.05) is 25.1 Å². The van der Waals surface area contributed by atoms with Crippen LogP contribution in [0.25, 0.3) is 11.0 Å². The minimum atomic E-state index is -3.21. The van der Waals surface area contributed by atoms with Crippen LogP contribution in [0, 0.1) is 6.92 Å². The number of aryl methyl sites for hydroxylation is 1. The van der Waals surface area contributed by atoms with Crippen LogP contribution in [0.5, 0.6) is 0 Å². The molecule has 0 unspecified atom stereocenters. The molecule has 0 aliphatic carbocycles. The maximum Gasteiger partial charge on any atom is 0.317 e. The molecule has 1 aromatic heterocycles. The van der Waals surface area contributed by atoms with Crippen molar-refractivity contribution in [2.75, 3.05) is 32.4 Å². The van der Waals surface area contributed by atoms with Crippen LogP contribution in [-0.4, -0.2) is 66.1 Å². The number of rotatable bonds is 3. The number of sulfonamides is 1. The number of aromatic amines is 1. The van der Waals surface area contributed by atoms with E-state index in [0.29, 0.717) is 45.0 Å². The summed E-state index contributed by atoms with van der Waals surface area (Å²) in [4.78, 5) is 21.7. The van der Waals surface area contributed by atoms with Gasteiger partial charge < -0.3 is 15.2 Å². The van der Waals surface area contributed by atoms with E-state index in [1.54, 1.807) is 4.90 Å². The average molecular weight is 365 g/mol. The van der Waals surface area contributed by atoms with Gasteiger partial charge in [-0.3, -0.25) is 0 Å². The minimum absolute atomic E-state index is 0.201. The fourth-order valence-electron chi connectivity index (χ4n) is 3.01. The largest absolute Gasteiger partial charge is 0.340 e. The van der Waals surface area contributed by atoms with Gasteiger partial charge in [0.05, 0.1) is 23.8 Å². The average Bonchev–Trinajstić information content (AvgIpc) is 2.80. The number of hydrogen-bond donors (Lipinski definition) is 2. The summed E-state index contributed by atoms with van der Waals surface area (Å²) in [6.45, 7) is 4.01. The van der Waals surface area contributed by atoms with E-state index in [1.165, 1.54) is 10.6 Å². The second-order valence-corrected chi connectivity index (χ2v) is 8.30. The highest BCUT2D eigenvalue weighted by atomic mass is 32.2. The van der Waals surface area contributed by atoms with Gasteiger partial charge >= 0.3 is 6.03 Å². The van der Waals surface area contributed by atoms with Gasteiger partial charge in [-0.15, -0.1) is 0 Å². The van der Waals surface area contributed by atoms with Crippen molar-refractivity contribution in [1.82, 2.24) is 24.5 Å². The third-order valence-electron chi connectivity index (χ3n) is 4.38. The van der Waals surface area contributed by atoms with Crippen molar-refractivity contribution in [3.8, 4) is 0 Å². The van der Waals surface area contributed by atoms with Crippen LogP contribution in [0.2, 0.25) is 0 Å². The Morgan fingerprint density at radius 2 is 2.08 bits per heavy atom. The van der Waals surface area contributed by atoms with Gasteiger partial charge in [0.1, 0.15) is 5.82 Å². The van der Waals surface area contributed by atoms with E-state index in [4.69, 9.17) is 0 Å². The lowest BCUT2D eigenvalue weighted by molar-refractivity contribution is 0.199. The van der Waals surface area contributed by atoms with Gasteiger partial charge in [0.15, 0.2) is 0 Å². The maximum absolute atomic E-state index is 12.4. The molecule has 2 N–H and O–H groups in total. The van der Waals surface area contributed by atoms with Gasteiger partial charge in [-0.2, -0.15) is 0 Å². The topological polar surface area (TPSA) is 98.4 Å². The summed E-state index contributed by atoms with van der Waals surface area (Å²) in [5, 5.41) is 2.86. The molecule has 136 valence electrons. The molecule has 0 bridgehead atoms. The number of urea groups is 1. The number of H-pyrrole nitrogens is 1. The number of carbonyl (C=O) groups is 1. The Morgan fingerprint density at radius 3 is 2.80 bits per heavy atom. The Hall–Kier alpha value is -2.13. The van der Waals surface area contributed by atoms with Crippen LogP contribution in [0.1, 0.15) is 17.8 Å². The molecule has 25 heavy (non-hydrogen) atoms. The Bertz CT molecular complexity index is 877. The van der Waals surface area contributed by atoms with Gasteiger partial charge in [-0.25, -0.2) is 22.5 Å². The molecule has 1 saturated heterocycles. The Balaban J connectivity index is 1.59. The number of nitrogens with one attached hydrogen (secondary N) is 2. The highest BCUT2D eigenvalue weighted by molar-refractivity contribution is 7.88. The van der Waals surface area contributed by atoms with Crippen molar-refractivity contribution >= 4 is 27.1 Å². The second kappa shape index (κ2) is 7.01. The smallest absolute Gasteiger partial charge is 0.317 e. The maximum atomic E-state index is 12.4. The molecule has 2 aromatic rings. The van der Waals surface area contributed by atoms with Crippen LogP contribution in [-0.2, 0) is 16.6 Å². The standard InChI is InChI=1S/C16H23N5O3S/c1-12-5-3-6-13-15(12)19-14(18-13)11-17-16(22)20-7-4-8-21(10-9-20)25(2,23)24/h3,5-6H,4,7-11H2,1-2H3,(H,17,22)(H,18,19). The molecule has 1 aliphatic heterocycles. The third kappa shape index (κ3) is 4.10. The quantitative estimate of drug-likeness (QED) is 0.849. The number of fused-ring (bicyclic) bond motifs is 1. The number of benzene rings is 1. The predicted octanol–water partition coefficient (Wildman–Crippen LogP) is 1.05. The summed E-state index contributed by atoms with van der Waals surface area (Å²) in [5.74, 6) is 0.699. The van der Waals surface area contributed by atoms with Gasteiger partial charge in [-0.1, -0.05) is 12.1 Å². The van der Waals surface area contributed by atoms with Crippen LogP contribution in [0.3, 0.4) is 0 Å². The lowest BCUT2D eigenvalue weighted by Crippen LogP contribution is -2.42. The highest BCUT2D eigenvalue weighted by Gasteiger charge is 2.23. The zero-order valence-corrected chi connectivity index (χ0v) is 15.3. The van der Waals surface area contributed by atoms with Crippen molar-refractivity contribution in [2.24, 2.45) is 0 Å². The number of amides is 2. The summed E-state index contributed by atoms with van der Waals surface area (Å²) in [7, 11) is -3.21. The molecule has 1 aromatic carbocycles. The van der Waals surface area contributed by atoms with Crippen LogP contribution in [0.15, 0.2) is 18.2 Å². The summed E-state index contributed by atoms with van der Waals surface area (Å²) in [6, 6.07) is 5.71. The molecule has 2 heterocycles. The number of hydrogen-bond acceptors (Lipinski definition) is 4. The lowest BCUT2D eigenvalue weighted by Gasteiger charge is -2.21. The Kier molecular flexibility index (Phi) is 4.96. The molecule has 0 radical (unpaired) electrons. The number of aromatic nitrogens is 2. The molecule has 3 rings (SSSR count). The summed E-state index contributed by atoms with van der Waals surface area (Å²) in [6.07, 6.45) is 1.83. The van der Waals surface area contributed by atoms with Crippen molar-refractivity contribution in [3.05, 3.63) is 29.6 Å². The van der Waals surface area contributed by atoms with E-state index in [2.05, 4.69) is 15.3 Å². The number of nitrogens with zero attached hydrogens (tertiary/aromatic N) is 3. The monoisotopic (exact) mass is 365 g/mol. The molecule has 9 heteroatoms.